The molecule has 0 aliphatic rings. The van der Waals surface area contributed by atoms with Crippen molar-refractivity contribution in [2.75, 3.05) is 11.1 Å². The Morgan fingerprint density at radius 2 is 1.73 bits per heavy atom. The molecule has 0 fully saturated rings. The van der Waals surface area contributed by atoms with E-state index >= 15 is 0 Å². The van der Waals surface area contributed by atoms with Crippen LogP contribution in [0.1, 0.15) is 17.3 Å². The quantitative estimate of drug-likeness (QED) is 0.448. The topological polar surface area (TPSA) is 89.8 Å². The third-order valence-electron chi connectivity index (χ3n) is 3.85. The molecular formula is C19H16F3N5O2S. The van der Waals surface area contributed by atoms with Crippen molar-refractivity contribution in [1.82, 2.24) is 19.7 Å². The van der Waals surface area contributed by atoms with Gasteiger partial charge in [0, 0.05) is 36.1 Å². The predicted molar refractivity (Wildman–Crippen MR) is 105 cm³/mol. The molecule has 0 bridgehead atoms. The first-order valence-corrected chi connectivity index (χ1v) is 9.65. The van der Waals surface area contributed by atoms with Gasteiger partial charge < -0.3 is 5.32 Å². The molecule has 3 rings (SSSR count). The molecule has 2 aromatic heterocycles. The molecule has 1 N–H and O–H groups in total. The molecule has 0 atom stereocenters. The standard InChI is InChI=1S/C19H16F3N5O2S/c1-12(28)24-15-4-2-13(3-5-15)16(29)10-30-18-26-25-17(14-6-8-23-9-7-14)27(18)11-19(20,21)22/h2-9H,10-11H2,1H3,(H,24,28). The summed E-state index contributed by atoms with van der Waals surface area (Å²) in [6, 6.07) is 9.30. The van der Waals surface area contributed by atoms with Crippen molar-refractivity contribution in [2.24, 2.45) is 0 Å². The summed E-state index contributed by atoms with van der Waals surface area (Å²) in [6.07, 6.45) is -1.59. The van der Waals surface area contributed by atoms with Gasteiger partial charge in [-0.05, 0) is 36.4 Å². The summed E-state index contributed by atoms with van der Waals surface area (Å²) in [5.74, 6) is -0.601. The van der Waals surface area contributed by atoms with E-state index in [0.29, 0.717) is 16.8 Å². The molecule has 0 aliphatic heterocycles. The van der Waals surface area contributed by atoms with Gasteiger partial charge in [0.1, 0.15) is 6.54 Å². The van der Waals surface area contributed by atoms with E-state index in [1.54, 1.807) is 12.1 Å². The van der Waals surface area contributed by atoms with Crippen LogP contribution in [-0.4, -0.2) is 43.4 Å². The molecule has 1 amide bonds. The number of amides is 1. The van der Waals surface area contributed by atoms with E-state index in [4.69, 9.17) is 0 Å². The maximum atomic E-state index is 13.1. The molecule has 7 nitrogen and oxygen atoms in total. The molecule has 1 aromatic carbocycles. The van der Waals surface area contributed by atoms with E-state index in [2.05, 4.69) is 20.5 Å². The van der Waals surface area contributed by atoms with E-state index in [-0.39, 0.29) is 28.4 Å². The minimum atomic E-state index is -4.48. The lowest BCUT2D eigenvalue weighted by molar-refractivity contribution is -0.141. The summed E-state index contributed by atoms with van der Waals surface area (Å²) in [6.45, 7) is 0.0899. The third kappa shape index (κ3) is 5.66. The van der Waals surface area contributed by atoms with Crippen molar-refractivity contribution in [3.63, 3.8) is 0 Å². The smallest absolute Gasteiger partial charge is 0.326 e. The number of pyridine rings is 1. The highest BCUT2D eigenvalue weighted by molar-refractivity contribution is 7.99. The van der Waals surface area contributed by atoms with Gasteiger partial charge in [-0.25, -0.2) is 0 Å². The van der Waals surface area contributed by atoms with Gasteiger partial charge in [-0.1, -0.05) is 11.8 Å². The number of anilines is 1. The Labute approximate surface area is 173 Å². The number of hydrogen-bond donors (Lipinski definition) is 1. The molecule has 3 aromatic rings. The number of Topliss-reactive ketones (excluding diaryl/α,β-unsaturated/α-hetero) is 1. The predicted octanol–water partition coefficient (Wildman–Crippen LogP) is 3.84. The molecule has 0 saturated heterocycles. The fourth-order valence-corrected chi connectivity index (χ4v) is 3.42. The zero-order valence-electron chi connectivity index (χ0n) is 15.7. The Hall–Kier alpha value is -3.21. The Balaban J connectivity index is 1.76. The van der Waals surface area contributed by atoms with Crippen molar-refractivity contribution in [3.05, 3.63) is 54.4 Å². The number of thioether (sulfide) groups is 1. The number of halogens is 3. The average molecular weight is 435 g/mol. The van der Waals surface area contributed by atoms with Crippen LogP contribution in [-0.2, 0) is 11.3 Å². The summed E-state index contributed by atoms with van der Waals surface area (Å²) >= 11 is 0.875. The zero-order valence-corrected chi connectivity index (χ0v) is 16.5. The van der Waals surface area contributed by atoms with Crippen molar-refractivity contribution >= 4 is 29.1 Å². The average Bonchev–Trinajstić information content (AvgIpc) is 3.07. The number of ketones is 1. The zero-order chi connectivity index (χ0) is 21.7. The molecule has 0 spiro atoms. The van der Waals surface area contributed by atoms with Crippen LogP contribution in [0.25, 0.3) is 11.4 Å². The van der Waals surface area contributed by atoms with E-state index in [1.165, 1.54) is 43.6 Å². The fourth-order valence-electron chi connectivity index (χ4n) is 2.59. The molecule has 0 aliphatic carbocycles. The third-order valence-corrected chi connectivity index (χ3v) is 4.82. The van der Waals surface area contributed by atoms with Crippen LogP contribution in [0.2, 0.25) is 0 Å². The van der Waals surface area contributed by atoms with Gasteiger partial charge in [0.15, 0.2) is 16.8 Å². The normalized spacial score (nSPS) is 11.3. The van der Waals surface area contributed by atoms with Gasteiger partial charge in [-0.15, -0.1) is 10.2 Å². The van der Waals surface area contributed by atoms with Crippen LogP contribution in [0.15, 0.2) is 53.9 Å². The Morgan fingerprint density at radius 1 is 1.07 bits per heavy atom. The number of aromatic nitrogens is 4. The molecular weight excluding hydrogens is 419 g/mol. The lowest BCUT2D eigenvalue weighted by Gasteiger charge is -2.12. The summed E-state index contributed by atoms with van der Waals surface area (Å²) < 4.78 is 40.2. The van der Waals surface area contributed by atoms with Crippen LogP contribution in [0.3, 0.4) is 0 Å². The van der Waals surface area contributed by atoms with E-state index in [0.717, 1.165) is 16.3 Å². The number of nitrogens with one attached hydrogen (secondary N) is 1. The highest BCUT2D eigenvalue weighted by atomic mass is 32.2. The SMILES string of the molecule is CC(=O)Nc1ccc(C(=O)CSc2nnc(-c3ccncc3)n2CC(F)(F)F)cc1. The minimum Gasteiger partial charge on any atom is -0.326 e. The summed E-state index contributed by atoms with van der Waals surface area (Å²) in [4.78, 5) is 27.3. The van der Waals surface area contributed by atoms with E-state index < -0.39 is 12.7 Å². The number of benzene rings is 1. The Kier molecular flexibility index (Phi) is 6.50. The van der Waals surface area contributed by atoms with E-state index in [9.17, 15) is 22.8 Å². The molecule has 0 saturated carbocycles. The number of rotatable bonds is 7. The summed E-state index contributed by atoms with van der Waals surface area (Å²) in [7, 11) is 0. The molecule has 0 radical (unpaired) electrons. The van der Waals surface area contributed by atoms with Crippen LogP contribution >= 0.6 is 11.8 Å². The van der Waals surface area contributed by atoms with Crippen molar-refractivity contribution in [1.29, 1.82) is 0 Å². The van der Waals surface area contributed by atoms with E-state index in [1.807, 2.05) is 0 Å². The van der Waals surface area contributed by atoms with Gasteiger partial charge in [-0.3, -0.25) is 19.1 Å². The molecule has 2 heterocycles. The van der Waals surface area contributed by atoms with Gasteiger partial charge >= 0.3 is 6.18 Å². The van der Waals surface area contributed by atoms with Crippen molar-refractivity contribution in [3.8, 4) is 11.4 Å². The summed E-state index contributed by atoms with van der Waals surface area (Å²) in [5.41, 5.74) is 1.35. The molecule has 0 unspecified atom stereocenters. The Bertz CT molecular complexity index is 1040. The molecule has 30 heavy (non-hydrogen) atoms. The lowest BCUT2D eigenvalue weighted by atomic mass is 10.1. The van der Waals surface area contributed by atoms with Crippen LogP contribution in [0, 0.1) is 0 Å². The Morgan fingerprint density at radius 3 is 2.33 bits per heavy atom. The lowest BCUT2D eigenvalue weighted by Crippen LogP contribution is -2.19. The van der Waals surface area contributed by atoms with Gasteiger partial charge in [0.2, 0.25) is 5.91 Å². The van der Waals surface area contributed by atoms with Crippen LogP contribution in [0.5, 0.6) is 0 Å². The number of carbonyl (C=O) groups excluding carboxylic acids is 2. The molecule has 11 heteroatoms. The number of nitrogens with zero attached hydrogens (tertiary/aromatic N) is 4. The summed E-state index contributed by atoms with van der Waals surface area (Å²) in [5, 5.41) is 10.3. The minimum absolute atomic E-state index is 0.0117. The first-order valence-electron chi connectivity index (χ1n) is 8.67. The molecule has 156 valence electrons. The highest BCUT2D eigenvalue weighted by Crippen LogP contribution is 2.28. The van der Waals surface area contributed by atoms with Crippen molar-refractivity contribution in [2.45, 2.75) is 24.8 Å². The number of carbonyl (C=O) groups is 2. The van der Waals surface area contributed by atoms with Crippen LogP contribution < -0.4 is 5.32 Å². The van der Waals surface area contributed by atoms with Crippen LogP contribution in [0.4, 0.5) is 18.9 Å². The van der Waals surface area contributed by atoms with Crippen molar-refractivity contribution < 1.29 is 22.8 Å². The largest absolute Gasteiger partial charge is 0.406 e. The number of hydrogen-bond acceptors (Lipinski definition) is 6. The number of alkyl halides is 3. The van der Waals surface area contributed by atoms with Gasteiger partial charge in [0.25, 0.3) is 0 Å². The maximum absolute atomic E-state index is 13.1. The second-order valence-corrected chi connectivity index (χ2v) is 7.16. The maximum Gasteiger partial charge on any atom is 0.406 e. The first kappa shape index (κ1) is 21.5. The first-order chi connectivity index (χ1) is 14.2. The highest BCUT2D eigenvalue weighted by Gasteiger charge is 2.31. The monoisotopic (exact) mass is 435 g/mol. The van der Waals surface area contributed by atoms with Gasteiger partial charge in [-0.2, -0.15) is 13.2 Å². The second-order valence-electron chi connectivity index (χ2n) is 6.21. The van der Waals surface area contributed by atoms with Gasteiger partial charge in [0.05, 0.1) is 5.75 Å². The second kappa shape index (κ2) is 9.08. The fraction of sp³-hybridized carbons (Fsp3) is 0.211.